The summed E-state index contributed by atoms with van der Waals surface area (Å²) in [5.41, 5.74) is 2.60. The van der Waals surface area contributed by atoms with E-state index in [1.807, 2.05) is 50.1 Å². The van der Waals surface area contributed by atoms with E-state index in [9.17, 15) is 18.0 Å². The molecular formula is C23H26N2O5S2. The molecule has 2 aliphatic heterocycles. The van der Waals surface area contributed by atoms with Crippen LogP contribution < -0.4 is 4.90 Å². The molecule has 0 aliphatic carbocycles. The third kappa shape index (κ3) is 3.89. The lowest BCUT2D eigenvalue weighted by atomic mass is 9.83. The molecule has 0 amide bonds. The molecule has 170 valence electrons. The number of rotatable bonds is 6. The predicted octanol–water partition coefficient (Wildman–Crippen LogP) is 3.57. The number of nitrogens with zero attached hydrogens (tertiary/aromatic N) is 2. The Hall–Kier alpha value is -2.49. The average Bonchev–Trinajstić information content (AvgIpc) is 3.50. The summed E-state index contributed by atoms with van der Waals surface area (Å²) in [5.74, 6) is -1.16. The van der Waals surface area contributed by atoms with Crippen LogP contribution in [0.5, 0.6) is 0 Å². The number of hydrogen-bond acceptors (Lipinski definition) is 7. The van der Waals surface area contributed by atoms with Crippen LogP contribution in [0.15, 0.2) is 52.4 Å². The van der Waals surface area contributed by atoms with Gasteiger partial charge in [-0.2, -0.15) is 4.31 Å². The molecule has 0 saturated carbocycles. The van der Waals surface area contributed by atoms with Gasteiger partial charge in [-0.15, -0.1) is 11.3 Å². The van der Waals surface area contributed by atoms with Crippen molar-refractivity contribution < 1.29 is 22.7 Å². The Kier molecular flexibility index (Phi) is 6.00. The average molecular weight is 475 g/mol. The second-order valence-electron chi connectivity index (χ2n) is 8.50. The van der Waals surface area contributed by atoms with Crippen LogP contribution >= 0.6 is 11.3 Å². The minimum Gasteiger partial charge on any atom is -0.453 e. The van der Waals surface area contributed by atoms with Crippen molar-refractivity contribution in [1.82, 2.24) is 4.31 Å². The van der Waals surface area contributed by atoms with Crippen LogP contribution in [0.4, 0.5) is 5.69 Å². The third-order valence-corrected chi connectivity index (χ3v) is 9.05. The van der Waals surface area contributed by atoms with E-state index in [-0.39, 0.29) is 21.0 Å². The topological polar surface area (TPSA) is 84.0 Å². The standard InChI is InChI=1S/C23H26N2O5S2/c1-23(2)17-8-4-5-9-18(17)24(3)20(23)14-16(26)15-30-22(27)21-19(10-13-31-21)32(28,29)25-11-6-7-12-25/h4-5,8-10,13-14H,6-7,11-12,15H2,1-3H3/b20-14-. The van der Waals surface area contributed by atoms with E-state index >= 15 is 0 Å². The molecule has 0 N–H and O–H groups in total. The van der Waals surface area contributed by atoms with Crippen molar-refractivity contribution in [3.63, 3.8) is 0 Å². The number of fused-ring (bicyclic) bond motifs is 1. The van der Waals surface area contributed by atoms with Crippen molar-refractivity contribution in [3.05, 3.63) is 57.9 Å². The SMILES string of the molecule is CN1/C(=C\C(=O)COC(=O)c2sccc2S(=O)(=O)N2CCCC2)C(C)(C)c2ccccc21. The summed E-state index contributed by atoms with van der Waals surface area (Å²) in [5, 5.41) is 1.55. The van der Waals surface area contributed by atoms with Crippen molar-refractivity contribution in [2.24, 2.45) is 0 Å². The Labute approximate surface area is 192 Å². The number of para-hydroxylation sites is 1. The molecule has 32 heavy (non-hydrogen) atoms. The fourth-order valence-corrected chi connectivity index (χ4v) is 7.17. The smallest absolute Gasteiger partial charge is 0.350 e. The Morgan fingerprint density at radius 2 is 1.84 bits per heavy atom. The highest BCUT2D eigenvalue weighted by Gasteiger charge is 2.38. The Bertz CT molecular complexity index is 1190. The summed E-state index contributed by atoms with van der Waals surface area (Å²) < 4.78 is 32.3. The predicted molar refractivity (Wildman–Crippen MR) is 124 cm³/mol. The molecule has 0 unspecified atom stereocenters. The van der Waals surface area contributed by atoms with Gasteiger partial charge in [-0.25, -0.2) is 13.2 Å². The van der Waals surface area contributed by atoms with E-state index in [1.54, 1.807) is 5.38 Å². The molecule has 1 fully saturated rings. The number of likely N-dealkylation sites (N-methyl/N-ethyl adjacent to an activating group) is 1. The number of thiophene rings is 1. The summed E-state index contributed by atoms with van der Waals surface area (Å²) in [6.07, 6.45) is 3.12. The van der Waals surface area contributed by atoms with Gasteiger partial charge in [0.05, 0.1) is 0 Å². The number of carbonyl (C=O) groups is 2. The first-order valence-corrected chi connectivity index (χ1v) is 12.8. The van der Waals surface area contributed by atoms with Crippen LogP contribution in [0.3, 0.4) is 0 Å². The van der Waals surface area contributed by atoms with E-state index in [0.717, 1.165) is 41.1 Å². The Morgan fingerprint density at radius 1 is 1.16 bits per heavy atom. The summed E-state index contributed by atoms with van der Waals surface area (Å²) in [6.45, 7) is 4.53. The van der Waals surface area contributed by atoms with Gasteiger partial charge in [0, 0.05) is 43.0 Å². The molecule has 9 heteroatoms. The second kappa shape index (κ2) is 8.46. The summed E-state index contributed by atoms with van der Waals surface area (Å²) >= 11 is 1.00. The lowest BCUT2D eigenvalue weighted by Gasteiger charge is -2.23. The van der Waals surface area contributed by atoms with E-state index in [4.69, 9.17) is 4.74 Å². The molecule has 4 rings (SSSR count). The van der Waals surface area contributed by atoms with Gasteiger partial charge in [0.2, 0.25) is 10.0 Å². The van der Waals surface area contributed by atoms with Gasteiger partial charge in [-0.3, -0.25) is 4.79 Å². The van der Waals surface area contributed by atoms with Crippen molar-refractivity contribution in [2.45, 2.75) is 37.0 Å². The van der Waals surface area contributed by atoms with Crippen molar-refractivity contribution in [3.8, 4) is 0 Å². The largest absolute Gasteiger partial charge is 0.453 e. The number of hydrogen-bond donors (Lipinski definition) is 0. The molecule has 1 aromatic heterocycles. The highest BCUT2D eigenvalue weighted by molar-refractivity contribution is 7.89. The second-order valence-corrected chi connectivity index (χ2v) is 11.3. The normalized spacial score (nSPS) is 19.3. The maximum atomic E-state index is 12.8. The number of anilines is 1. The molecule has 0 radical (unpaired) electrons. The number of carbonyl (C=O) groups excluding carboxylic acids is 2. The van der Waals surface area contributed by atoms with E-state index < -0.39 is 22.6 Å². The number of allylic oxidation sites excluding steroid dienone is 1. The summed E-state index contributed by atoms with van der Waals surface area (Å²) in [4.78, 5) is 27.2. The van der Waals surface area contributed by atoms with Gasteiger partial charge < -0.3 is 9.64 Å². The van der Waals surface area contributed by atoms with E-state index in [0.29, 0.717) is 13.1 Å². The monoisotopic (exact) mass is 474 g/mol. The van der Waals surface area contributed by atoms with Crippen molar-refractivity contribution >= 4 is 38.8 Å². The van der Waals surface area contributed by atoms with Gasteiger partial charge in [-0.1, -0.05) is 32.0 Å². The molecule has 1 saturated heterocycles. The number of esters is 1. The van der Waals surface area contributed by atoms with Crippen LogP contribution in [-0.4, -0.2) is 51.2 Å². The first-order chi connectivity index (χ1) is 15.1. The molecule has 7 nitrogen and oxygen atoms in total. The first kappa shape index (κ1) is 22.7. The molecule has 0 atom stereocenters. The van der Waals surface area contributed by atoms with E-state index in [1.165, 1.54) is 16.4 Å². The lowest BCUT2D eigenvalue weighted by Crippen LogP contribution is -2.29. The lowest BCUT2D eigenvalue weighted by molar-refractivity contribution is -0.117. The van der Waals surface area contributed by atoms with Gasteiger partial charge in [-0.05, 0) is 35.9 Å². The molecular weight excluding hydrogens is 448 g/mol. The summed E-state index contributed by atoms with van der Waals surface area (Å²) in [7, 11) is -1.84. The van der Waals surface area contributed by atoms with Crippen LogP contribution in [0, 0.1) is 0 Å². The first-order valence-electron chi connectivity index (χ1n) is 10.5. The van der Waals surface area contributed by atoms with Crippen molar-refractivity contribution in [2.75, 3.05) is 31.6 Å². The van der Waals surface area contributed by atoms with Crippen LogP contribution in [0.1, 0.15) is 41.9 Å². The molecule has 2 aliphatic rings. The van der Waals surface area contributed by atoms with Crippen LogP contribution in [0.25, 0.3) is 0 Å². The van der Waals surface area contributed by atoms with Gasteiger partial charge in [0.25, 0.3) is 0 Å². The highest BCUT2D eigenvalue weighted by Crippen LogP contribution is 2.46. The number of ether oxygens (including phenoxy) is 1. The quantitative estimate of drug-likeness (QED) is 0.470. The Morgan fingerprint density at radius 3 is 2.53 bits per heavy atom. The van der Waals surface area contributed by atoms with Crippen LogP contribution in [0.2, 0.25) is 0 Å². The zero-order valence-electron chi connectivity index (χ0n) is 18.3. The van der Waals surface area contributed by atoms with Gasteiger partial charge in [0.15, 0.2) is 12.4 Å². The van der Waals surface area contributed by atoms with Crippen molar-refractivity contribution in [1.29, 1.82) is 0 Å². The number of ketones is 1. The molecule has 0 bridgehead atoms. The van der Waals surface area contributed by atoms with Gasteiger partial charge >= 0.3 is 5.97 Å². The fraction of sp³-hybridized carbons (Fsp3) is 0.391. The third-order valence-electron chi connectivity index (χ3n) is 6.08. The van der Waals surface area contributed by atoms with E-state index in [2.05, 4.69) is 0 Å². The minimum atomic E-state index is -3.74. The Balaban J connectivity index is 1.47. The zero-order chi connectivity index (χ0) is 23.1. The minimum absolute atomic E-state index is 0.00284. The van der Waals surface area contributed by atoms with Crippen LogP contribution in [-0.2, 0) is 25.0 Å². The molecule has 0 spiro atoms. The maximum absolute atomic E-state index is 12.8. The molecule has 1 aromatic carbocycles. The molecule has 2 aromatic rings. The number of benzene rings is 1. The molecule has 3 heterocycles. The summed E-state index contributed by atoms with van der Waals surface area (Å²) in [6, 6.07) is 9.38. The highest BCUT2D eigenvalue weighted by atomic mass is 32.2. The fourth-order valence-electron chi connectivity index (χ4n) is 4.37. The number of sulfonamides is 1. The maximum Gasteiger partial charge on any atom is 0.350 e. The van der Waals surface area contributed by atoms with Gasteiger partial charge in [0.1, 0.15) is 9.77 Å². The zero-order valence-corrected chi connectivity index (χ0v) is 20.0.